The van der Waals surface area contributed by atoms with Gasteiger partial charge in [-0.15, -0.1) is 0 Å². The standard InChI is InChI=1S/C24H31Cl2N3O4S/c1-5-6-13-27-24(31)18(3)28(15-19-9-7-8-10-21(19)26)23(30)16-29(34(4,32)33)22-14-20(25)12-11-17(22)2/h7-12,14,18H,5-6,13,15-16H2,1-4H3,(H,27,31). The van der Waals surface area contributed by atoms with E-state index in [0.29, 0.717) is 33.4 Å². The van der Waals surface area contributed by atoms with E-state index in [0.717, 1.165) is 23.4 Å². The second-order valence-electron chi connectivity index (χ2n) is 8.13. The average Bonchev–Trinajstić information content (AvgIpc) is 2.77. The number of carbonyl (C=O) groups excluding carboxylic acids is 2. The second kappa shape index (κ2) is 12.4. The Morgan fingerprint density at radius 3 is 2.41 bits per heavy atom. The number of hydrogen-bond donors (Lipinski definition) is 1. The smallest absolute Gasteiger partial charge is 0.244 e. The van der Waals surface area contributed by atoms with Crippen LogP contribution < -0.4 is 9.62 Å². The summed E-state index contributed by atoms with van der Waals surface area (Å²) in [4.78, 5) is 27.7. The van der Waals surface area contributed by atoms with Crippen molar-refractivity contribution >= 4 is 50.7 Å². The maximum absolute atomic E-state index is 13.5. The van der Waals surface area contributed by atoms with Gasteiger partial charge in [-0.05, 0) is 49.6 Å². The number of hydrogen-bond acceptors (Lipinski definition) is 4. The molecule has 1 unspecified atom stereocenters. The summed E-state index contributed by atoms with van der Waals surface area (Å²) in [5.74, 6) is -0.860. The number of sulfonamides is 1. The van der Waals surface area contributed by atoms with Crippen molar-refractivity contribution in [1.82, 2.24) is 10.2 Å². The molecule has 7 nitrogen and oxygen atoms in total. The topological polar surface area (TPSA) is 86.8 Å². The molecule has 10 heteroatoms. The van der Waals surface area contributed by atoms with E-state index in [2.05, 4.69) is 5.32 Å². The van der Waals surface area contributed by atoms with Crippen LogP contribution in [-0.4, -0.2) is 50.5 Å². The van der Waals surface area contributed by atoms with Gasteiger partial charge < -0.3 is 10.2 Å². The van der Waals surface area contributed by atoms with Gasteiger partial charge in [-0.1, -0.05) is 60.8 Å². The Bertz CT molecular complexity index is 1120. The lowest BCUT2D eigenvalue weighted by Crippen LogP contribution is -2.51. The first kappa shape index (κ1) is 28.0. The normalized spacial score (nSPS) is 12.2. The van der Waals surface area contributed by atoms with E-state index >= 15 is 0 Å². The zero-order valence-corrected chi connectivity index (χ0v) is 22.2. The molecule has 0 aliphatic carbocycles. The highest BCUT2D eigenvalue weighted by atomic mass is 35.5. The number of anilines is 1. The van der Waals surface area contributed by atoms with Crippen LogP contribution in [0.25, 0.3) is 0 Å². The average molecular weight is 529 g/mol. The fourth-order valence-electron chi connectivity index (χ4n) is 3.37. The molecule has 34 heavy (non-hydrogen) atoms. The lowest BCUT2D eigenvalue weighted by molar-refractivity contribution is -0.139. The fraction of sp³-hybridized carbons (Fsp3) is 0.417. The van der Waals surface area contributed by atoms with E-state index in [1.165, 1.54) is 11.0 Å². The molecule has 0 bridgehead atoms. The van der Waals surface area contributed by atoms with Gasteiger partial charge in [-0.3, -0.25) is 13.9 Å². The second-order valence-corrected chi connectivity index (χ2v) is 10.9. The zero-order chi connectivity index (χ0) is 25.5. The van der Waals surface area contributed by atoms with Crippen LogP contribution >= 0.6 is 23.2 Å². The van der Waals surface area contributed by atoms with Crippen LogP contribution in [0.5, 0.6) is 0 Å². The molecular formula is C24H31Cl2N3O4S. The van der Waals surface area contributed by atoms with Crippen molar-refractivity contribution in [2.24, 2.45) is 0 Å². The van der Waals surface area contributed by atoms with E-state index in [9.17, 15) is 18.0 Å². The Morgan fingerprint density at radius 1 is 1.12 bits per heavy atom. The third-order valence-corrected chi connectivity index (χ3v) is 7.14. The molecule has 1 N–H and O–H groups in total. The molecule has 0 aromatic heterocycles. The molecule has 1 atom stereocenters. The minimum Gasteiger partial charge on any atom is -0.354 e. The summed E-state index contributed by atoms with van der Waals surface area (Å²) in [6, 6.07) is 11.0. The predicted octanol–water partition coefficient (Wildman–Crippen LogP) is 4.40. The molecule has 0 saturated heterocycles. The molecule has 0 aliphatic heterocycles. The Kier molecular flexibility index (Phi) is 10.2. The van der Waals surface area contributed by atoms with Crippen molar-refractivity contribution in [2.75, 3.05) is 23.7 Å². The molecule has 2 amide bonds. The molecule has 2 aromatic rings. The first-order valence-electron chi connectivity index (χ1n) is 11.0. The maximum Gasteiger partial charge on any atom is 0.244 e. The van der Waals surface area contributed by atoms with Gasteiger partial charge in [0.1, 0.15) is 12.6 Å². The number of nitrogens with one attached hydrogen (secondary N) is 1. The largest absolute Gasteiger partial charge is 0.354 e. The number of rotatable bonds is 11. The Labute approximate surface area is 212 Å². The van der Waals surface area contributed by atoms with Crippen LogP contribution in [0.15, 0.2) is 42.5 Å². The van der Waals surface area contributed by atoms with Crippen molar-refractivity contribution in [1.29, 1.82) is 0 Å². The summed E-state index contributed by atoms with van der Waals surface area (Å²) in [6.07, 6.45) is 2.76. The van der Waals surface area contributed by atoms with E-state index in [4.69, 9.17) is 23.2 Å². The summed E-state index contributed by atoms with van der Waals surface area (Å²) in [5.41, 5.74) is 1.60. The van der Waals surface area contributed by atoms with Crippen LogP contribution in [0.3, 0.4) is 0 Å². The minimum atomic E-state index is -3.83. The van der Waals surface area contributed by atoms with Crippen molar-refractivity contribution in [3.05, 3.63) is 63.6 Å². The van der Waals surface area contributed by atoms with E-state index in [-0.39, 0.29) is 12.5 Å². The SMILES string of the molecule is CCCCNC(=O)C(C)N(Cc1ccccc1Cl)C(=O)CN(c1cc(Cl)ccc1C)S(C)(=O)=O. The number of unbranched alkanes of at least 4 members (excludes halogenated alkanes) is 1. The molecule has 0 heterocycles. The van der Waals surface area contributed by atoms with Gasteiger partial charge in [0.15, 0.2) is 0 Å². The number of aryl methyl sites for hydroxylation is 1. The lowest BCUT2D eigenvalue weighted by atomic mass is 10.1. The van der Waals surface area contributed by atoms with Crippen molar-refractivity contribution in [3.63, 3.8) is 0 Å². The highest BCUT2D eigenvalue weighted by molar-refractivity contribution is 7.92. The van der Waals surface area contributed by atoms with Gasteiger partial charge in [0.2, 0.25) is 21.8 Å². The molecule has 2 rings (SSSR count). The summed E-state index contributed by atoms with van der Waals surface area (Å²) in [6.45, 7) is 5.42. The first-order valence-corrected chi connectivity index (χ1v) is 13.6. The Balaban J connectivity index is 2.41. The Morgan fingerprint density at radius 2 is 1.79 bits per heavy atom. The molecule has 2 aromatic carbocycles. The number of amides is 2. The van der Waals surface area contributed by atoms with Crippen LogP contribution in [0, 0.1) is 6.92 Å². The molecule has 0 saturated carbocycles. The number of carbonyl (C=O) groups is 2. The molecular weight excluding hydrogens is 497 g/mol. The summed E-state index contributed by atoms with van der Waals surface area (Å²) in [7, 11) is -3.83. The number of nitrogens with zero attached hydrogens (tertiary/aromatic N) is 2. The zero-order valence-electron chi connectivity index (χ0n) is 19.8. The highest BCUT2D eigenvalue weighted by Crippen LogP contribution is 2.27. The lowest BCUT2D eigenvalue weighted by Gasteiger charge is -2.32. The number of benzene rings is 2. The van der Waals surface area contributed by atoms with Crippen LogP contribution in [-0.2, 0) is 26.2 Å². The first-order chi connectivity index (χ1) is 16.0. The molecule has 186 valence electrons. The van der Waals surface area contributed by atoms with Gasteiger partial charge in [-0.2, -0.15) is 0 Å². The van der Waals surface area contributed by atoms with E-state index in [1.54, 1.807) is 50.2 Å². The van der Waals surface area contributed by atoms with Crippen molar-refractivity contribution in [2.45, 2.75) is 46.2 Å². The molecule has 0 fully saturated rings. The summed E-state index contributed by atoms with van der Waals surface area (Å²) >= 11 is 12.4. The fourth-order valence-corrected chi connectivity index (χ4v) is 4.64. The van der Waals surface area contributed by atoms with Crippen molar-refractivity contribution < 1.29 is 18.0 Å². The molecule has 0 radical (unpaired) electrons. The van der Waals surface area contributed by atoms with Gasteiger partial charge in [0.25, 0.3) is 0 Å². The van der Waals surface area contributed by atoms with Gasteiger partial charge in [-0.25, -0.2) is 8.42 Å². The quantitative estimate of drug-likeness (QED) is 0.438. The van der Waals surface area contributed by atoms with Crippen LogP contribution in [0.2, 0.25) is 10.0 Å². The van der Waals surface area contributed by atoms with Crippen LogP contribution in [0.1, 0.15) is 37.8 Å². The predicted molar refractivity (Wildman–Crippen MR) is 138 cm³/mol. The van der Waals surface area contributed by atoms with Crippen LogP contribution in [0.4, 0.5) is 5.69 Å². The van der Waals surface area contributed by atoms with E-state index in [1.807, 2.05) is 6.92 Å². The highest BCUT2D eigenvalue weighted by Gasteiger charge is 2.30. The van der Waals surface area contributed by atoms with Crippen molar-refractivity contribution in [3.8, 4) is 0 Å². The Hall–Kier alpha value is -2.29. The third kappa shape index (κ3) is 7.61. The van der Waals surface area contributed by atoms with Gasteiger partial charge in [0.05, 0.1) is 11.9 Å². The monoisotopic (exact) mass is 527 g/mol. The van der Waals surface area contributed by atoms with Gasteiger partial charge >= 0.3 is 0 Å². The minimum absolute atomic E-state index is 0.0486. The van der Waals surface area contributed by atoms with E-state index < -0.39 is 28.5 Å². The summed E-state index contributed by atoms with van der Waals surface area (Å²) in [5, 5.41) is 3.63. The molecule has 0 aliphatic rings. The third-order valence-electron chi connectivity index (χ3n) is 5.41. The summed E-state index contributed by atoms with van der Waals surface area (Å²) < 4.78 is 26.3. The maximum atomic E-state index is 13.5. The molecule has 0 spiro atoms. The van der Waals surface area contributed by atoms with Gasteiger partial charge in [0, 0.05) is 23.1 Å². The number of halogens is 2.